The number of pyridine rings is 1. The van der Waals surface area contributed by atoms with E-state index in [0.29, 0.717) is 17.8 Å². The zero-order chi connectivity index (χ0) is 15.1. The van der Waals surface area contributed by atoms with E-state index < -0.39 is 0 Å². The van der Waals surface area contributed by atoms with Crippen LogP contribution in [-0.2, 0) is 6.42 Å². The minimum Gasteiger partial charge on any atom is -0.339 e. The van der Waals surface area contributed by atoms with Crippen LogP contribution in [0, 0.1) is 6.92 Å². The number of hydrogen-bond acceptors (Lipinski definition) is 5. The Morgan fingerprint density at radius 2 is 2.14 bits per heavy atom. The van der Waals surface area contributed by atoms with E-state index in [2.05, 4.69) is 34.3 Å². The Kier molecular flexibility index (Phi) is 5.87. The molecule has 0 amide bonds. The average molecular weight is 288 g/mol. The molecule has 0 fully saturated rings. The van der Waals surface area contributed by atoms with Gasteiger partial charge in [0.1, 0.15) is 0 Å². The zero-order valence-corrected chi connectivity index (χ0v) is 13.1. The number of hydrogen-bond donors (Lipinski definition) is 1. The molecule has 0 radical (unpaired) electrons. The molecule has 0 spiro atoms. The second-order valence-electron chi connectivity index (χ2n) is 5.35. The van der Waals surface area contributed by atoms with Crippen LogP contribution in [0.25, 0.3) is 11.4 Å². The predicted molar refractivity (Wildman–Crippen MR) is 83.0 cm³/mol. The molecule has 2 rings (SSSR count). The van der Waals surface area contributed by atoms with Crippen LogP contribution in [0.3, 0.4) is 0 Å². The lowest BCUT2D eigenvalue weighted by molar-refractivity contribution is 0.350. The van der Waals surface area contributed by atoms with E-state index in [4.69, 9.17) is 4.52 Å². The average Bonchev–Trinajstić information content (AvgIpc) is 2.94. The summed E-state index contributed by atoms with van der Waals surface area (Å²) >= 11 is 0. The largest absolute Gasteiger partial charge is 0.339 e. The van der Waals surface area contributed by atoms with Crippen LogP contribution in [-0.4, -0.2) is 27.7 Å². The Balaban J connectivity index is 2.06. The van der Waals surface area contributed by atoms with Crippen molar-refractivity contribution >= 4 is 0 Å². The van der Waals surface area contributed by atoms with Crippen LogP contribution in [0.1, 0.15) is 44.6 Å². The lowest BCUT2D eigenvalue weighted by atomic mass is 10.1. The molecule has 2 heterocycles. The standard InChI is InChI=1S/C16H24N4O/c1-4-6-13(18-8-5-2)10-15-19-16(20-21-15)14-11-17-9-7-12(14)3/h7,9,11,13,18H,4-6,8,10H2,1-3H3. The van der Waals surface area contributed by atoms with E-state index in [-0.39, 0.29) is 0 Å². The lowest BCUT2D eigenvalue weighted by Gasteiger charge is -2.15. The number of nitrogens with zero attached hydrogens (tertiary/aromatic N) is 3. The molecule has 5 heteroatoms. The van der Waals surface area contributed by atoms with E-state index in [1.807, 2.05) is 13.0 Å². The molecule has 0 bridgehead atoms. The minimum absolute atomic E-state index is 0.401. The maximum absolute atomic E-state index is 5.40. The summed E-state index contributed by atoms with van der Waals surface area (Å²) in [5.41, 5.74) is 2.03. The molecule has 114 valence electrons. The molecule has 0 aromatic carbocycles. The van der Waals surface area contributed by atoms with Gasteiger partial charge in [0, 0.05) is 30.4 Å². The molecule has 2 aromatic heterocycles. The smallest absolute Gasteiger partial charge is 0.228 e. The third-order valence-electron chi connectivity index (χ3n) is 3.49. The van der Waals surface area contributed by atoms with Crippen LogP contribution in [0.2, 0.25) is 0 Å². The first-order chi connectivity index (χ1) is 10.2. The van der Waals surface area contributed by atoms with Gasteiger partial charge < -0.3 is 9.84 Å². The normalized spacial score (nSPS) is 12.5. The second kappa shape index (κ2) is 7.88. The fraction of sp³-hybridized carbons (Fsp3) is 0.562. The number of aryl methyl sites for hydroxylation is 1. The third kappa shape index (κ3) is 4.36. The predicted octanol–water partition coefficient (Wildman–Crippen LogP) is 3.15. The molecule has 0 aliphatic heterocycles. The van der Waals surface area contributed by atoms with Gasteiger partial charge in [0.15, 0.2) is 0 Å². The van der Waals surface area contributed by atoms with Crippen LogP contribution in [0.15, 0.2) is 23.0 Å². The number of nitrogens with one attached hydrogen (secondary N) is 1. The lowest BCUT2D eigenvalue weighted by Crippen LogP contribution is -2.31. The summed E-state index contributed by atoms with van der Waals surface area (Å²) in [5.74, 6) is 1.32. The summed E-state index contributed by atoms with van der Waals surface area (Å²) in [4.78, 5) is 8.64. The highest BCUT2D eigenvalue weighted by molar-refractivity contribution is 5.57. The molecule has 0 aliphatic rings. The fourth-order valence-electron chi connectivity index (χ4n) is 2.33. The first-order valence-corrected chi connectivity index (χ1v) is 7.71. The van der Waals surface area contributed by atoms with Crippen molar-refractivity contribution in [1.82, 2.24) is 20.4 Å². The fourth-order valence-corrected chi connectivity index (χ4v) is 2.33. The van der Waals surface area contributed by atoms with Crippen molar-refractivity contribution in [2.45, 2.75) is 52.5 Å². The van der Waals surface area contributed by atoms with E-state index >= 15 is 0 Å². The van der Waals surface area contributed by atoms with Crippen molar-refractivity contribution in [3.8, 4) is 11.4 Å². The van der Waals surface area contributed by atoms with Gasteiger partial charge in [0.2, 0.25) is 11.7 Å². The van der Waals surface area contributed by atoms with Gasteiger partial charge in [-0.1, -0.05) is 25.4 Å². The third-order valence-corrected chi connectivity index (χ3v) is 3.49. The Bertz CT molecular complexity index is 553. The van der Waals surface area contributed by atoms with Gasteiger partial charge >= 0.3 is 0 Å². The number of rotatable bonds is 8. The van der Waals surface area contributed by atoms with E-state index in [0.717, 1.165) is 43.4 Å². The van der Waals surface area contributed by atoms with Gasteiger partial charge in [0.05, 0.1) is 0 Å². The topological polar surface area (TPSA) is 63.8 Å². The van der Waals surface area contributed by atoms with Crippen molar-refractivity contribution in [2.24, 2.45) is 0 Å². The highest BCUT2D eigenvalue weighted by atomic mass is 16.5. The van der Waals surface area contributed by atoms with Gasteiger partial charge in [0.25, 0.3) is 0 Å². The van der Waals surface area contributed by atoms with Gasteiger partial charge in [-0.15, -0.1) is 0 Å². The Labute approximate surface area is 126 Å². The summed E-state index contributed by atoms with van der Waals surface area (Å²) in [6, 6.07) is 2.35. The van der Waals surface area contributed by atoms with Gasteiger partial charge in [-0.05, 0) is 37.9 Å². The molecule has 0 saturated heterocycles. The highest BCUT2D eigenvalue weighted by Gasteiger charge is 2.15. The molecular weight excluding hydrogens is 264 g/mol. The first kappa shape index (κ1) is 15.6. The second-order valence-corrected chi connectivity index (χ2v) is 5.35. The molecule has 21 heavy (non-hydrogen) atoms. The SMILES string of the molecule is CCCNC(CCC)Cc1nc(-c2cnccc2C)no1. The van der Waals surface area contributed by atoms with E-state index in [9.17, 15) is 0 Å². The van der Waals surface area contributed by atoms with Gasteiger partial charge in [-0.3, -0.25) is 4.98 Å². The van der Waals surface area contributed by atoms with Gasteiger partial charge in [-0.2, -0.15) is 4.98 Å². The quantitative estimate of drug-likeness (QED) is 0.808. The molecule has 0 aliphatic carbocycles. The summed E-state index contributed by atoms with van der Waals surface area (Å²) in [5, 5.41) is 7.63. The van der Waals surface area contributed by atoms with E-state index in [1.165, 1.54) is 0 Å². The monoisotopic (exact) mass is 288 g/mol. The van der Waals surface area contributed by atoms with Crippen LogP contribution >= 0.6 is 0 Å². The minimum atomic E-state index is 0.401. The zero-order valence-electron chi connectivity index (χ0n) is 13.1. The summed E-state index contributed by atoms with van der Waals surface area (Å²) in [7, 11) is 0. The van der Waals surface area contributed by atoms with Crippen molar-refractivity contribution in [3.05, 3.63) is 29.9 Å². The van der Waals surface area contributed by atoms with Crippen molar-refractivity contribution in [1.29, 1.82) is 0 Å². The highest BCUT2D eigenvalue weighted by Crippen LogP contribution is 2.19. The van der Waals surface area contributed by atoms with Gasteiger partial charge in [-0.25, -0.2) is 0 Å². The van der Waals surface area contributed by atoms with Crippen LogP contribution in [0.4, 0.5) is 0 Å². The summed E-state index contributed by atoms with van der Waals surface area (Å²) in [6.07, 6.45) is 7.71. The number of aromatic nitrogens is 3. The van der Waals surface area contributed by atoms with Crippen LogP contribution in [0.5, 0.6) is 0 Å². The molecule has 0 saturated carbocycles. The van der Waals surface area contributed by atoms with Crippen molar-refractivity contribution < 1.29 is 4.52 Å². The maximum atomic E-state index is 5.40. The van der Waals surface area contributed by atoms with E-state index in [1.54, 1.807) is 12.4 Å². The summed E-state index contributed by atoms with van der Waals surface area (Å²) < 4.78 is 5.40. The summed E-state index contributed by atoms with van der Waals surface area (Å²) in [6.45, 7) is 7.41. The molecule has 1 atom stereocenters. The Hall–Kier alpha value is -1.75. The maximum Gasteiger partial charge on any atom is 0.228 e. The molecule has 2 aromatic rings. The van der Waals surface area contributed by atoms with Crippen molar-refractivity contribution in [2.75, 3.05) is 6.54 Å². The molecule has 1 N–H and O–H groups in total. The van der Waals surface area contributed by atoms with Crippen molar-refractivity contribution in [3.63, 3.8) is 0 Å². The Morgan fingerprint density at radius 1 is 1.29 bits per heavy atom. The Morgan fingerprint density at radius 3 is 2.86 bits per heavy atom. The first-order valence-electron chi connectivity index (χ1n) is 7.71. The molecule has 5 nitrogen and oxygen atoms in total. The van der Waals surface area contributed by atoms with Crippen LogP contribution < -0.4 is 5.32 Å². The molecular formula is C16H24N4O. The molecule has 1 unspecified atom stereocenters.